The van der Waals surface area contributed by atoms with Crippen molar-refractivity contribution in [3.8, 4) is 17.1 Å². The van der Waals surface area contributed by atoms with Crippen LogP contribution in [0.3, 0.4) is 0 Å². The third-order valence-electron chi connectivity index (χ3n) is 9.12. The molecule has 3 heterocycles. The zero-order chi connectivity index (χ0) is 32.1. The van der Waals surface area contributed by atoms with Crippen LogP contribution >= 0.6 is 0 Å². The molecule has 7 aromatic carbocycles. The smallest absolute Gasteiger partial charge is 0.0667 e. The number of para-hydroxylation sites is 6. The lowest BCUT2D eigenvalue weighted by atomic mass is 10.2. The highest BCUT2D eigenvalue weighted by Crippen LogP contribution is 2.38. The van der Waals surface area contributed by atoms with Crippen molar-refractivity contribution in [2.24, 2.45) is 0 Å². The van der Waals surface area contributed by atoms with Gasteiger partial charge in [0.2, 0.25) is 0 Å². The van der Waals surface area contributed by atoms with Crippen LogP contribution < -0.4 is 0 Å². The highest BCUT2D eigenvalue weighted by atomic mass is 15.0. The third kappa shape index (κ3) is 3.41. The molecular formula is C42H27N3. The molecule has 3 aromatic heterocycles. The summed E-state index contributed by atoms with van der Waals surface area (Å²) in [5.74, 6) is 0. The average Bonchev–Trinajstić information content (AvgIpc) is 3.76. The van der Waals surface area contributed by atoms with Crippen LogP contribution in [0.15, 0.2) is 164 Å². The Morgan fingerprint density at radius 2 is 0.444 bits per heavy atom. The van der Waals surface area contributed by atoms with Gasteiger partial charge in [-0.1, -0.05) is 109 Å². The Hall–Kier alpha value is -6.06. The van der Waals surface area contributed by atoms with Crippen molar-refractivity contribution in [3.05, 3.63) is 164 Å². The van der Waals surface area contributed by atoms with Crippen LogP contribution in [0.5, 0.6) is 0 Å². The van der Waals surface area contributed by atoms with Crippen LogP contribution in [-0.2, 0) is 0 Å². The van der Waals surface area contributed by atoms with Crippen molar-refractivity contribution in [1.29, 1.82) is 0 Å². The number of nitrogens with zero attached hydrogens (tertiary/aromatic N) is 3. The molecule has 0 saturated heterocycles. The van der Waals surface area contributed by atoms with Gasteiger partial charge in [0, 0.05) is 32.3 Å². The Bertz CT molecular complexity index is 2450. The molecule has 3 heteroatoms. The molecule has 0 unspecified atom stereocenters. The molecular weight excluding hydrogens is 546 g/mol. The number of hydrogen-bond acceptors (Lipinski definition) is 0. The predicted octanol–water partition coefficient (Wildman–Crippen LogP) is 11.0. The van der Waals surface area contributed by atoms with Gasteiger partial charge >= 0.3 is 0 Å². The summed E-state index contributed by atoms with van der Waals surface area (Å²) in [6.45, 7) is 0. The number of rotatable bonds is 3. The summed E-state index contributed by atoms with van der Waals surface area (Å²) >= 11 is 0. The average molecular weight is 577 g/mol. The molecule has 0 aliphatic rings. The Labute approximate surface area is 263 Å². The van der Waals surface area contributed by atoms with Crippen LogP contribution in [0.2, 0.25) is 0 Å². The van der Waals surface area contributed by atoms with Gasteiger partial charge in [0.15, 0.2) is 0 Å². The summed E-state index contributed by atoms with van der Waals surface area (Å²) in [5, 5.41) is 6.33. The van der Waals surface area contributed by atoms with Crippen LogP contribution in [0.25, 0.3) is 82.5 Å². The molecule has 10 aromatic rings. The fourth-order valence-corrected chi connectivity index (χ4v) is 7.26. The molecule has 0 bridgehead atoms. The minimum absolute atomic E-state index is 0.132. The summed E-state index contributed by atoms with van der Waals surface area (Å²) < 4.78 is 36.3. The van der Waals surface area contributed by atoms with Gasteiger partial charge in [-0.15, -0.1) is 0 Å². The molecule has 0 aliphatic heterocycles. The topological polar surface area (TPSA) is 14.8 Å². The molecule has 210 valence electrons. The Balaban J connectivity index is 1.47. The predicted molar refractivity (Wildman–Crippen MR) is 189 cm³/mol. The van der Waals surface area contributed by atoms with Crippen molar-refractivity contribution in [3.63, 3.8) is 0 Å². The van der Waals surface area contributed by atoms with E-state index in [1.165, 1.54) is 0 Å². The monoisotopic (exact) mass is 576 g/mol. The molecule has 0 N–H and O–H groups in total. The molecule has 0 aliphatic carbocycles. The van der Waals surface area contributed by atoms with Gasteiger partial charge in [0.25, 0.3) is 0 Å². The Kier molecular flexibility index (Phi) is 4.43. The molecule has 3 nitrogen and oxygen atoms in total. The summed E-state index contributed by atoms with van der Waals surface area (Å²) in [6, 6.07) is 49.6. The number of fused-ring (bicyclic) bond motifs is 9. The first-order valence-corrected chi connectivity index (χ1v) is 15.2. The quantitative estimate of drug-likeness (QED) is 0.199. The van der Waals surface area contributed by atoms with Crippen LogP contribution in [0.4, 0.5) is 0 Å². The molecule has 0 saturated carbocycles. The van der Waals surface area contributed by atoms with E-state index >= 15 is 0 Å². The maximum absolute atomic E-state index is 10.0. The van der Waals surface area contributed by atoms with E-state index in [2.05, 4.69) is 86.5 Å². The lowest BCUT2D eigenvalue weighted by Crippen LogP contribution is -2.03. The normalized spacial score (nSPS) is 12.9. The number of hydrogen-bond donors (Lipinski definition) is 0. The number of benzene rings is 7. The lowest BCUT2D eigenvalue weighted by Gasteiger charge is -2.17. The molecule has 0 atom stereocenters. The largest absolute Gasteiger partial charge is 0.309 e. The van der Waals surface area contributed by atoms with Crippen molar-refractivity contribution in [2.75, 3.05) is 0 Å². The van der Waals surface area contributed by atoms with Gasteiger partial charge in [0.1, 0.15) is 0 Å². The van der Waals surface area contributed by atoms with E-state index < -0.39 is 0 Å². The molecule has 0 spiro atoms. The number of aromatic nitrogens is 3. The lowest BCUT2D eigenvalue weighted by molar-refractivity contribution is 1.10. The fraction of sp³-hybridized carbons (Fsp3) is 0. The van der Waals surface area contributed by atoms with Crippen LogP contribution in [0.1, 0.15) is 4.11 Å². The third-order valence-corrected chi connectivity index (χ3v) is 9.12. The molecule has 0 amide bonds. The van der Waals surface area contributed by atoms with Gasteiger partial charge in [-0.3, -0.25) is 0 Å². The maximum atomic E-state index is 10.0. The zero-order valence-corrected chi connectivity index (χ0v) is 24.2. The van der Waals surface area contributed by atoms with Gasteiger partial charge in [0.05, 0.1) is 54.3 Å². The van der Waals surface area contributed by atoms with E-state index in [4.69, 9.17) is 0 Å². The van der Waals surface area contributed by atoms with Crippen molar-refractivity contribution < 1.29 is 4.11 Å². The highest BCUT2D eigenvalue weighted by molar-refractivity contribution is 6.12. The highest BCUT2D eigenvalue weighted by Gasteiger charge is 2.19. The van der Waals surface area contributed by atoms with Crippen molar-refractivity contribution in [2.45, 2.75) is 0 Å². The van der Waals surface area contributed by atoms with E-state index in [0.29, 0.717) is 17.1 Å². The SMILES string of the molecule is [2H]c1c(-n2c3ccccc3c3ccccc32)c([2H])c(-n2c3ccccc3c3ccccc32)c([2H])c1-n1c2ccccc2c2ccccc21. The molecule has 0 fully saturated rings. The minimum atomic E-state index is 0.132. The van der Waals surface area contributed by atoms with Gasteiger partial charge in [-0.25, -0.2) is 0 Å². The van der Waals surface area contributed by atoms with Crippen molar-refractivity contribution >= 4 is 65.4 Å². The zero-order valence-electron chi connectivity index (χ0n) is 27.2. The van der Waals surface area contributed by atoms with E-state index in [9.17, 15) is 4.11 Å². The van der Waals surface area contributed by atoms with Crippen LogP contribution in [0, 0.1) is 0 Å². The van der Waals surface area contributed by atoms with Gasteiger partial charge in [-0.05, 0) is 54.5 Å². The second kappa shape index (κ2) is 9.22. The van der Waals surface area contributed by atoms with Gasteiger partial charge in [-0.2, -0.15) is 0 Å². The van der Waals surface area contributed by atoms with Gasteiger partial charge < -0.3 is 13.7 Å². The first kappa shape index (κ1) is 21.6. The second-order valence-corrected chi connectivity index (χ2v) is 11.5. The molecule has 10 rings (SSSR count). The van der Waals surface area contributed by atoms with E-state index in [1.54, 1.807) is 0 Å². The van der Waals surface area contributed by atoms with E-state index in [-0.39, 0.29) is 18.1 Å². The maximum Gasteiger partial charge on any atom is 0.0667 e. The second-order valence-electron chi connectivity index (χ2n) is 11.5. The standard InChI is InChI=1S/C42H27N3/c1-7-19-37-31(13-1)32-14-2-8-20-38(32)43(37)28-25-29(44-39-21-9-3-15-33(39)34-16-4-10-22-40(34)44)27-30(26-28)45-41-23-11-5-17-35(41)36-18-6-12-24-42(36)45/h1-27H/i25D,26D,27D. The first-order valence-electron chi connectivity index (χ1n) is 16.7. The Morgan fingerprint density at radius 1 is 0.267 bits per heavy atom. The molecule has 0 radical (unpaired) electrons. The summed E-state index contributed by atoms with van der Waals surface area (Å²) in [5.41, 5.74) is 6.82. The summed E-state index contributed by atoms with van der Waals surface area (Å²) in [4.78, 5) is 0. The van der Waals surface area contributed by atoms with Crippen LogP contribution in [-0.4, -0.2) is 13.7 Å². The van der Waals surface area contributed by atoms with E-state index in [1.807, 2.05) is 72.8 Å². The summed E-state index contributed by atoms with van der Waals surface area (Å²) in [7, 11) is 0. The Morgan fingerprint density at radius 3 is 0.644 bits per heavy atom. The molecule has 45 heavy (non-hydrogen) atoms. The minimum Gasteiger partial charge on any atom is -0.309 e. The first-order chi connectivity index (χ1) is 23.6. The van der Waals surface area contributed by atoms with E-state index in [0.717, 1.165) is 65.4 Å². The fourth-order valence-electron chi connectivity index (χ4n) is 7.26. The van der Waals surface area contributed by atoms with Crippen molar-refractivity contribution in [1.82, 2.24) is 13.7 Å². The summed E-state index contributed by atoms with van der Waals surface area (Å²) in [6.07, 6.45) is 0.